The molecule has 0 bridgehead atoms. The number of aliphatic hydroxyl groups is 1. The van der Waals surface area contributed by atoms with Crippen LogP contribution in [0.5, 0.6) is 5.75 Å². The highest BCUT2D eigenvalue weighted by Gasteiger charge is 2.29. The molecule has 1 fully saturated rings. The number of nitrogens with zero attached hydrogens (tertiary/aromatic N) is 1. The van der Waals surface area contributed by atoms with Crippen LogP contribution in [0.3, 0.4) is 0 Å². The van der Waals surface area contributed by atoms with Crippen LogP contribution >= 0.6 is 0 Å². The Bertz CT molecular complexity index is 532. The average molecular weight is 290 g/mol. The molecule has 0 saturated carbocycles. The molecule has 0 spiro atoms. The van der Waals surface area contributed by atoms with Crippen molar-refractivity contribution in [2.75, 3.05) is 26.3 Å². The summed E-state index contributed by atoms with van der Waals surface area (Å²) in [6.45, 7) is 4.07. The summed E-state index contributed by atoms with van der Waals surface area (Å²) in [7, 11) is 0. The lowest BCUT2D eigenvalue weighted by atomic mass is 9.99. The number of likely N-dealkylation sites (tertiary alicyclic amines) is 1. The molecule has 2 amide bonds. The number of urea groups is 1. The number of fused-ring (bicyclic) bond motifs is 1. The monoisotopic (exact) mass is 290 g/mol. The van der Waals surface area contributed by atoms with Crippen LogP contribution < -0.4 is 10.1 Å². The molecule has 1 aromatic rings. The van der Waals surface area contributed by atoms with E-state index in [2.05, 4.69) is 11.4 Å². The van der Waals surface area contributed by atoms with Crippen molar-refractivity contribution in [3.63, 3.8) is 0 Å². The second-order valence-corrected chi connectivity index (χ2v) is 5.99. The maximum Gasteiger partial charge on any atom is 0.318 e. The van der Waals surface area contributed by atoms with Gasteiger partial charge in [-0.05, 0) is 31.7 Å². The number of hydrogen-bond acceptors (Lipinski definition) is 3. The first kappa shape index (κ1) is 14.2. The number of carbonyl (C=O) groups excluding carboxylic acids is 1. The molecule has 1 aromatic carbocycles. The molecule has 2 aliphatic heterocycles. The summed E-state index contributed by atoms with van der Waals surface area (Å²) in [5.41, 5.74) is 2.22. The van der Waals surface area contributed by atoms with Crippen molar-refractivity contribution >= 4 is 6.03 Å². The van der Waals surface area contributed by atoms with Crippen molar-refractivity contribution in [3.8, 4) is 5.75 Å². The quantitative estimate of drug-likeness (QED) is 0.873. The van der Waals surface area contributed by atoms with E-state index in [9.17, 15) is 9.90 Å². The Morgan fingerprint density at radius 3 is 3.19 bits per heavy atom. The van der Waals surface area contributed by atoms with E-state index >= 15 is 0 Å². The van der Waals surface area contributed by atoms with Crippen molar-refractivity contribution in [3.05, 3.63) is 29.3 Å². The van der Waals surface area contributed by atoms with Crippen molar-refractivity contribution in [2.45, 2.75) is 25.8 Å². The smallest absolute Gasteiger partial charge is 0.318 e. The number of aryl methyl sites for hydroxylation is 1. The number of rotatable bonds is 2. The number of hydrogen-bond donors (Lipinski definition) is 2. The summed E-state index contributed by atoms with van der Waals surface area (Å²) in [6.07, 6.45) is 1.95. The first-order chi connectivity index (χ1) is 10.2. The van der Waals surface area contributed by atoms with Gasteiger partial charge in [0.15, 0.2) is 0 Å². The number of benzene rings is 1. The van der Waals surface area contributed by atoms with Crippen LogP contribution in [0.25, 0.3) is 0 Å². The van der Waals surface area contributed by atoms with Crippen LogP contribution in [-0.2, 0) is 0 Å². The summed E-state index contributed by atoms with van der Waals surface area (Å²) < 4.78 is 5.62. The van der Waals surface area contributed by atoms with Crippen LogP contribution in [0, 0.1) is 12.8 Å². The molecule has 2 unspecified atom stereocenters. The molecule has 1 saturated heterocycles. The number of piperidine rings is 1. The molecule has 0 aliphatic carbocycles. The van der Waals surface area contributed by atoms with Gasteiger partial charge in [0.25, 0.3) is 0 Å². The predicted molar refractivity (Wildman–Crippen MR) is 79.3 cm³/mol. The van der Waals surface area contributed by atoms with Crippen molar-refractivity contribution in [2.24, 2.45) is 5.92 Å². The predicted octanol–water partition coefficient (Wildman–Crippen LogP) is 1.84. The molecular weight excluding hydrogens is 268 g/mol. The zero-order valence-corrected chi connectivity index (χ0v) is 12.3. The molecular formula is C16H22N2O3. The van der Waals surface area contributed by atoms with Gasteiger partial charge in [-0.1, -0.05) is 17.7 Å². The molecule has 0 aromatic heterocycles. The van der Waals surface area contributed by atoms with E-state index in [1.807, 2.05) is 19.1 Å². The minimum absolute atomic E-state index is 0.0592. The van der Waals surface area contributed by atoms with Crippen LogP contribution in [-0.4, -0.2) is 42.3 Å². The Morgan fingerprint density at radius 2 is 2.38 bits per heavy atom. The van der Waals surface area contributed by atoms with Gasteiger partial charge in [0.2, 0.25) is 0 Å². The Hall–Kier alpha value is -1.75. The van der Waals surface area contributed by atoms with Crippen LogP contribution in [0.2, 0.25) is 0 Å². The Morgan fingerprint density at radius 1 is 1.52 bits per heavy atom. The van der Waals surface area contributed by atoms with Crippen molar-refractivity contribution in [1.29, 1.82) is 0 Å². The molecule has 114 valence electrons. The zero-order chi connectivity index (χ0) is 14.8. The minimum Gasteiger partial charge on any atom is -0.491 e. The lowest BCUT2D eigenvalue weighted by Crippen LogP contribution is -2.47. The number of amides is 2. The molecule has 5 nitrogen and oxygen atoms in total. The third kappa shape index (κ3) is 2.97. The highest BCUT2D eigenvalue weighted by atomic mass is 16.5. The molecule has 2 atom stereocenters. The second-order valence-electron chi connectivity index (χ2n) is 5.99. The van der Waals surface area contributed by atoms with E-state index in [1.54, 1.807) is 4.90 Å². The first-order valence-corrected chi connectivity index (χ1v) is 7.57. The Balaban J connectivity index is 1.65. The SMILES string of the molecule is Cc1ccc2c(c1)C(NC(=O)N1CCCC(CO)C1)CO2. The Labute approximate surface area is 124 Å². The van der Waals surface area contributed by atoms with Gasteiger partial charge in [0, 0.05) is 25.3 Å². The average Bonchev–Trinajstić information content (AvgIpc) is 2.89. The lowest BCUT2D eigenvalue weighted by Gasteiger charge is -2.32. The summed E-state index contributed by atoms with van der Waals surface area (Å²) in [5.74, 6) is 1.07. The minimum atomic E-state index is -0.0816. The van der Waals surface area contributed by atoms with Gasteiger partial charge < -0.3 is 20.1 Å². The summed E-state index contributed by atoms with van der Waals surface area (Å²) in [5, 5.41) is 12.3. The van der Waals surface area contributed by atoms with Gasteiger partial charge in [0.1, 0.15) is 12.4 Å². The number of carbonyl (C=O) groups is 1. The second kappa shape index (κ2) is 5.93. The number of nitrogens with one attached hydrogen (secondary N) is 1. The third-order valence-corrected chi connectivity index (χ3v) is 4.31. The lowest BCUT2D eigenvalue weighted by molar-refractivity contribution is 0.127. The topological polar surface area (TPSA) is 61.8 Å². The maximum atomic E-state index is 12.4. The van der Waals surface area contributed by atoms with E-state index in [1.165, 1.54) is 0 Å². The first-order valence-electron chi connectivity index (χ1n) is 7.57. The zero-order valence-electron chi connectivity index (χ0n) is 12.3. The fraction of sp³-hybridized carbons (Fsp3) is 0.562. The summed E-state index contributed by atoms with van der Waals surface area (Å²) in [6, 6.07) is 5.90. The highest BCUT2D eigenvalue weighted by molar-refractivity contribution is 5.75. The largest absolute Gasteiger partial charge is 0.491 e. The van der Waals surface area contributed by atoms with Crippen LogP contribution in [0.1, 0.15) is 30.0 Å². The molecule has 3 rings (SSSR count). The van der Waals surface area contributed by atoms with E-state index in [0.717, 1.165) is 36.3 Å². The summed E-state index contributed by atoms with van der Waals surface area (Å²) in [4.78, 5) is 14.2. The maximum absolute atomic E-state index is 12.4. The molecule has 21 heavy (non-hydrogen) atoms. The standard InChI is InChI=1S/C16H22N2O3/c1-11-4-5-15-13(7-11)14(10-21-15)17-16(20)18-6-2-3-12(8-18)9-19/h4-5,7,12,14,19H,2-3,6,8-10H2,1H3,(H,17,20). The number of ether oxygens (including phenoxy) is 1. The molecule has 5 heteroatoms. The number of aliphatic hydroxyl groups excluding tert-OH is 1. The van der Waals surface area contributed by atoms with Gasteiger partial charge in [-0.3, -0.25) is 0 Å². The van der Waals surface area contributed by atoms with Crippen LogP contribution in [0.15, 0.2) is 18.2 Å². The van der Waals surface area contributed by atoms with Gasteiger partial charge in [-0.25, -0.2) is 4.79 Å². The fourth-order valence-corrected chi connectivity index (χ4v) is 3.09. The van der Waals surface area contributed by atoms with E-state index in [0.29, 0.717) is 13.2 Å². The van der Waals surface area contributed by atoms with Crippen molar-refractivity contribution < 1.29 is 14.6 Å². The van der Waals surface area contributed by atoms with Crippen LogP contribution in [0.4, 0.5) is 4.79 Å². The van der Waals surface area contributed by atoms with Gasteiger partial charge >= 0.3 is 6.03 Å². The molecule has 2 N–H and O–H groups in total. The highest BCUT2D eigenvalue weighted by Crippen LogP contribution is 2.33. The fourth-order valence-electron chi connectivity index (χ4n) is 3.09. The van der Waals surface area contributed by atoms with Crippen molar-refractivity contribution in [1.82, 2.24) is 10.2 Å². The van der Waals surface area contributed by atoms with E-state index in [-0.39, 0.29) is 24.6 Å². The van der Waals surface area contributed by atoms with Gasteiger partial charge in [-0.2, -0.15) is 0 Å². The van der Waals surface area contributed by atoms with E-state index in [4.69, 9.17) is 4.74 Å². The normalized spacial score (nSPS) is 24.4. The Kier molecular flexibility index (Phi) is 4.01. The molecule has 2 aliphatic rings. The van der Waals surface area contributed by atoms with Gasteiger partial charge in [0.05, 0.1) is 6.04 Å². The third-order valence-electron chi connectivity index (χ3n) is 4.31. The summed E-state index contributed by atoms with van der Waals surface area (Å²) >= 11 is 0. The van der Waals surface area contributed by atoms with E-state index < -0.39 is 0 Å². The molecule has 2 heterocycles. The molecule has 0 radical (unpaired) electrons. The van der Waals surface area contributed by atoms with Gasteiger partial charge in [-0.15, -0.1) is 0 Å².